The van der Waals surface area contributed by atoms with E-state index in [2.05, 4.69) is 20.7 Å². The second-order valence-corrected chi connectivity index (χ2v) is 5.94. The van der Waals surface area contributed by atoms with Crippen molar-refractivity contribution in [1.29, 1.82) is 0 Å². The van der Waals surface area contributed by atoms with Gasteiger partial charge in [-0.05, 0) is 19.1 Å². The number of carbonyl (C=O) groups excluding carboxylic acids is 3. The zero-order chi connectivity index (χ0) is 21.4. The van der Waals surface area contributed by atoms with Crippen LogP contribution in [0, 0.1) is 0 Å². The number of anilines is 2. The summed E-state index contributed by atoms with van der Waals surface area (Å²) in [4.78, 5) is 37.3. The predicted molar refractivity (Wildman–Crippen MR) is 99.9 cm³/mol. The number of carbonyl (C=O) groups is 3. The van der Waals surface area contributed by atoms with Gasteiger partial charge in [-0.15, -0.1) is 0 Å². The molecule has 1 saturated heterocycles. The third-order valence-corrected chi connectivity index (χ3v) is 3.93. The Morgan fingerprint density at radius 2 is 2.14 bits per heavy atom. The van der Waals surface area contributed by atoms with Gasteiger partial charge in [-0.2, -0.15) is 8.78 Å². The first kappa shape index (κ1) is 22.3. The van der Waals surface area contributed by atoms with E-state index in [1.54, 1.807) is 6.92 Å². The Morgan fingerprint density at radius 3 is 2.76 bits per heavy atom. The number of nitrogens with two attached hydrogens (primary N) is 1. The van der Waals surface area contributed by atoms with Gasteiger partial charge in [0.05, 0.1) is 12.3 Å². The molecule has 1 aromatic carbocycles. The minimum absolute atomic E-state index is 0.0593. The molecule has 0 radical (unpaired) electrons. The number of nitrogens with zero attached hydrogens (tertiary/aromatic N) is 1. The first-order valence-corrected chi connectivity index (χ1v) is 8.88. The summed E-state index contributed by atoms with van der Waals surface area (Å²) < 4.78 is 35.2. The van der Waals surface area contributed by atoms with Crippen LogP contribution in [0.3, 0.4) is 0 Å². The molecule has 0 unspecified atom stereocenters. The lowest BCUT2D eigenvalue weighted by molar-refractivity contribution is -0.125. The van der Waals surface area contributed by atoms with Gasteiger partial charge in [-0.3, -0.25) is 9.59 Å². The molecule has 0 aromatic heterocycles. The molecule has 1 aromatic rings. The molecule has 10 nitrogen and oxygen atoms in total. The van der Waals surface area contributed by atoms with Crippen LogP contribution in [-0.4, -0.2) is 63.3 Å². The van der Waals surface area contributed by atoms with Gasteiger partial charge in [0, 0.05) is 31.4 Å². The van der Waals surface area contributed by atoms with E-state index >= 15 is 0 Å². The monoisotopic (exact) mass is 415 g/mol. The first-order valence-electron chi connectivity index (χ1n) is 8.88. The SMILES string of the molecule is CCNC(=O)N[C@@H](CN)C(=O)Nc1ccc(N2CCOCC2=O)cc1OC(F)F. The molecule has 1 heterocycles. The Hall–Kier alpha value is -2.99. The minimum atomic E-state index is -3.15. The van der Waals surface area contributed by atoms with Crippen molar-refractivity contribution in [1.82, 2.24) is 10.6 Å². The largest absolute Gasteiger partial charge is 0.433 e. The molecule has 0 aliphatic carbocycles. The highest BCUT2D eigenvalue weighted by molar-refractivity contribution is 5.99. The average Bonchev–Trinajstić information content (AvgIpc) is 2.67. The highest BCUT2D eigenvalue weighted by Gasteiger charge is 2.24. The predicted octanol–water partition coefficient (Wildman–Crippen LogP) is 0.236. The zero-order valence-corrected chi connectivity index (χ0v) is 15.7. The van der Waals surface area contributed by atoms with Gasteiger partial charge in [0.1, 0.15) is 12.6 Å². The Balaban J connectivity index is 2.20. The van der Waals surface area contributed by atoms with Crippen LogP contribution in [0.25, 0.3) is 0 Å². The van der Waals surface area contributed by atoms with Crippen LogP contribution in [0.1, 0.15) is 6.92 Å². The minimum Gasteiger partial charge on any atom is -0.433 e. The number of morpholine rings is 1. The lowest BCUT2D eigenvalue weighted by atomic mass is 10.2. The van der Waals surface area contributed by atoms with Crippen molar-refractivity contribution in [2.24, 2.45) is 5.73 Å². The fourth-order valence-corrected chi connectivity index (χ4v) is 2.59. The maximum atomic E-state index is 12.8. The van der Waals surface area contributed by atoms with Gasteiger partial charge in [-0.1, -0.05) is 0 Å². The molecule has 1 fully saturated rings. The summed E-state index contributed by atoms with van der Waals surface area (Å²) in [5.41, 5.74) is 5.78. The Bertz CT molecular complexity index is 749. The molecule has 1 aliphatic heterocycles. The first-order chi connectivity index (χ1) is 13.8. The van der Waals surface area contributed by atoms with Gasteiger partial charge >= 0.3 is 12.6 Å². The highest BCUT2D eigenvalue weighted by atomic mass is 19.3. The standard InChI is InChI=1S/C17H23F2N5O5/c1-2-21-17(27)23-12(8-20)15(26)22-11-4-3-10(7-13(11)29-16(18)19)24-5-6-28-9-14(24)25/h3-4,7,12,16H,2,5-6,8-9,20H2,1H3,(H,22,26)(H2,21,23,27)/t12-/m0/s1. The topological polar surface area (TPSA) is 135 Å². The number of ether oxygens (including phenoxy) is 2. The molecule has 29 heavy (non-hydrogen) atoms. The lowest BCUT2D eigenvalue weighted by Crippen LogP contribution is -2.51. The third-order valence-electron chi connectivity index (χ3n) is 3.93. The maximum Gasteiger partial charge on any atom is 0.387 e. The van der Waals surface area contributed by atoms with Crippen LogP contribution in [0.5, 0.6) is 5.75 Å². The van der Waals surface area contributed by atoms with Crippen molar-refractivity contribution in [3.05, 3.63) is 18.2 Å². The number of urea groups is 1. The summed E-state index contributed by atoms with van der Waals surface area (Å²) >= 11 is 0. The van der Waals surface area contributed by atoms with Crippen LogP contribution in [0.15, 0.2) is 18.2 Å². The van der Waals surface area contributed by atoms with Gasteiger partial charge < -0.3 is 36.1 Å². The summed E-state index contributed by atoms with van der Waals surface area (Å²) in [6, 6.07) is 2.34. The van der Waals surface area contributed by atoms with Crippen LogP contribution in [0.2, 0.25) is 0 Å². The molecule has 0 bridgehead atoms. The van der Waals surface area contributed by atoms with E-state index in [4.69, 9.17) is 10.5 Å². The van der Waals surface area contributed by atoms with E-state index in [1.807, 2.05) is 0 Å². The molecule has 0 spiro atoms. The summed E-state index contributed by atoms with van der Waals surface area (Å²) in [6.07, 6.45) is 0. The average molecular weight is 415 g/mol. The van der Waals surface area contributed by atoms with E-state index in [-0.39, 0.29) is 37.0 Å². The third kappa shape index (κ3) is 6.26. The van der Waals surface area contributed by atoms with Crippen molar-refractivity contribution in [3.8, 4) is 5.75 Å². The van der Waals surface area contributed by atoms with E-state index in [1.165, 1.54) is 23.1 Å². The van der Waals surface area contributed by atoms with Crippen LogP contribution < -0.4 is 31.3 Å². The number of hydrogen-bond donors (Lipinski definition) is 4. The van der Waals surface area contributed by atoms with Gasteiger partial charge in [0.2, 0.25) is 5.91 Å². The van der Waals surface area contributed by atoms with Crippen molar-refractivity contribution in [3.63, 3.8) is 0 Å². The van der Waals surface area contributed by atoms with Crippen molar-refractivity contribution in [2.75, 3.05) is 43.1 Å². The normalized spacial score (nSPS) is 15.1. The molecule has 5 N–H and O–H groups in total. The van der Waals surface area contributed by atoms with E-state index in [0.717, 1.165) is 0 Å². The zero-order valence-electron chi connectivity index (χ0n) is 15.7. The molecule has 2 rings (SSSR count). The number of benzene rings is 1. The van der Waals surface area contributed by atoms with Crippen molar-refractivity contribution < 1.29 is 32.6 Å². The number of alkyl halides is 2. The molecule has 160 valence electrons. The Kier molecular flexibility index (Phi) is 8.09. The number of rotatable bonds is 8. The molecular formula is C17H23F2N5O5. The summed E-state index contributed by atoms with van der Waals surface area (Å²) in [5.74, 6) is -1.38. The molecule has 4 amide bonds. The molecular weight excluding hydrogens is 392 g/mol. The van der Waals surface area contributed by atoms with Crippen LogP contribution >= 0.6 is 0 Å². The quantitative estimate of drug-likeness (QED) is 0.480. The van der Waals surface area contributed by atoms with Gasteiger partial charge in [0.25, 0.3) is 5.91 Å². The highest BCUT2D eigenvalue weighted by Crippen LogP contribution is 2.32. The van der Waals surface area contributed by atoms with Crippen molar-refractivity contribution >= 4 is 29.2 Å². The lowest BCUT2D eigenvalue weighted by Gasteiger charge is -2.27. The smallest absolute Gasteiger partial charge is 0.387 e. The molecule has 0 saturated carbocycles. The van der Waals surface area contributed by atoms with E-state index in [0.29, 0.717) is 18.8 Å². The fraction of sp³-hybridized carbons (Fsp3) is 0.471. The summed E-state index contributed by atoms with van der Waals surface area (Å²) in [5, 5.41) is 7.24. The van der Waals surface area contributed by atoms with Gasteiger partial charge in [0.15, 0.2) is 5.75 Å². The Morgan fingerprint density at radius 1 is 1.38 bits per heavy atom. The van der Waals surface area contributed by atoms with Crippen LogP contribution in [0.4, 0.5) is 25.0 Å². The maximum absolute atomic E-state index is 12.8. The second kappa shape index (κ2) is 10.5. The number of halogens is 2. The summed E-state index contributed by atoms with van der Waals surface area (Å²) in [6.45, 7) is -0.879. The van der Waals surface area contributed by atoms with Crippen LogP contribution in [-0.2, 0) is 14.3 Å². The fourth-order valence-electron chi connectivity index (χ4n) is 2.59. The number of amides is 4. The number of hydrogen-bond acceptors (Lipinski definition) is 6. The number of nitrogens with one attached hydrogen (secondary N) is 3. The van der Waals surface area contributed by atoms with E-state index < -0.39 is 24.6 Å². The van der Waals surface area contributed by atoms with E-state index in [9.17, 15) is 23.2 Å². The molecule has 12 heteroatoms. The molecule has 1 atom stereocenters. The van der Waals surface area contributed by atoms with Crippen molar-refractivity contribution in [2.45, 2.75) is 19.6 Å². The Labute approximate surface area is 165 Å². The summed E-state index contributed by atoms with van der Waals surface area (Å²) in [7, 11) is 0. The molecule has 1 aliphatic rings. The van der Waals surface area contributed by atoms with Gasteiger partial charge in [-0.25, -0.2) is 4.79 Å². The second-order valence-electron chi connectivity index (χ2n) is 5.94.